The third kappa shape index (κ3) is 3.16. The lowest BCUT2D eigenvalue weighted by Gasteiger charge is -2.29. The van der Waals surface area contributed by atoms with Crippen LogP contribution in [0.2, 0.25) is 0 Å². The highest BCUT2D eigenvalue weighted by Gasteiger charge is 2.34. The van der Waals surface area contributed by atoms with Crippen LogP contribution in [0.5, 0.6) is 0 Å². The number of amides is 2. The summed E-state index contributed by atoms with van der Waals surface area (Å²) in [7, 11) is 0. The Hall–Kier alpha value is -2.31. The third-order valence-corrected chi connectivity index (χ3v) is 4.85. The number of nitrogens with zero attached hydrogens (tertiary/aromatic N) is 1. The van der Waals surface area contributed by atoms with Gasteiger partial charge in [-0.05, 0) is 53.4 Å². The molecule has 0 radical (unpaired) electrons. The number of thiocarbonyl (C=S) groups is 1. The SMILES string of the molecule is CC(C)c1ccc(N2C(=O)/C(=C\c3cccs3)C(=O)NC2=S)cc1. The van der Waals surface area contributed by atoms with Crippen LogP contribution in [0, 0.1) is 0 Å². The van der Waals surface area contributed by atoms with Gasteiger partial charge in [0.2, 0.25) is 0 Å². The van der Waals surface area contributed by atoms with Gasteiger partial charge < -0.3 is 0 Å². The Labute approximate surface area is 149 Å². The van der Waals surface area contributed by atoms with E-state index in [1.807, 2.05) is 41.8 Å². The lowest BCUT2D eigenvalue weighted by Crippen LogP contribution is -2.54. The summed E-state index contributed by atoms with van der Waals surface area (Å²) in [6, 6.07) is 11.4. The van der Waals surface area contributed by atoms with E-state index in [0.717, 1.165) is 4.88 Å². The zero-order valence-electron chi connectivity index (χ0n) is 13.3. The van der Waals surface area contributed by atoms with E-state index in [2.05, 4.69) is 19.2 Å². The van der Waals surface area contributed by atoms with Crippen molar-refractivity contribution in [2.45, 2.75) is 19.8 Å². The van der Waals surface area contributed by atoms with E-state index in [-0.39, 0.29) is 10.7 Å². The van der Waals surface area contributed by atoms with Crippen molar-refractivity contribution in [2.75, 3.05) is 4.90 Å². The summed E-state index contributed by atoms with van der Waals surface area (Å²) in [5.74, 6) is -0.472. The van der Waals surface area contributed by atoms with E-state index in [1.165, 1.54) is 21.8 Å². The molecular formula is C18H16N2O2S2. The molecule has 1 aliphatic heterocycles. The molecule has 4 nitrogen and oxygen atoms in total. The molecule has 24 heavy (non-hydrogen) atoms. The Morgan fingerprint density at radius 1 is 1.17 bits per heavy atom. The largest absolute Gasteiger partial charge is 0.298 e. The van der Waals surface area contributed by atoms with Gasteiger partial charge in [0.25, 0.3) is 11.8 Å². The first kappa shape index (κ1) is 16.5. The molecule has 1 aromatic heterocycles. The molecule has 1 saturated heterocycles. The Morgan fingerprint density at radius 2 is 1.88 bits per heavy atom. The molecule has 122 valence electrons. The fraction of sp³-hybridized carbons (Fsp3) is 0.167. The summed E-state index contributed by atoms with van der Waals surface area (Å²) < 4.78 is 0. The Morgan fingerprint density at radius 3 is 2.46 bits per heavy atom. The summed E-state index contributed by atoms with van der Waals surface area (Å²) in [6.45, 7) is 4.21. The van der Waals surface area contributed by atoms with Gasteiger partial charge in [-0.3, -0.25) is 19.8 Å². The third-order valence-electron chi connectivity index (χ3n) is 3.75. The van der Waals surface area contributed by atoms with E-state index in [9.17, 15) is 9.59 Å². The molecule has 0 unspecified atom stereocenters. The molecule has 0 spiro atoms. The number of carbonyl (C=O) groups excluding carboxylic acids is 2. The van der Waals surface area contributed by atoms with Crippen LogP contribution in [0.25, 0.3) is 6.08 Å². The molecule has 0 aliphatic carbocycles. The number of rotatable bonds is 3. The molecule has 3 rings (SSSR count). The summed E-state index contributed by atoms with van der Waals surface area (Å²) in [4.78, 5) is 27.2. The fourth-order valence-electron chi connectivity index (χ4n) is 2.42. The topological polar surface area (TPSA) is 49.4 Å². The van der Waals surface area contributed by atoms with Crippen LogP contribution < -0.4 is 10.2 Å². The van der Waals surface area contributed by atoms with Crippen molar-refractivity contribution in [2.24, 2.45) is 0 Å². The summed E-state index contributed by atoms with van der Waals surface area (Å²) in [6.07, 6.45) is 1.60. The quantitative estimate of drug-likeness (QED) is 0.518. The van der Waals surface area contributed by atoms with Crippen LogP contribution in [-0.2, 0) is 9.59 Å². The predicted octanol–water partition coefficient (Wildman–Crippen LogP) is 3.70. The summed E-state index contributed by atoms with van der Waals surface area (Å²) >= 11 is 6.66. The van der Waals surface area contributed by atoms with Crippen molar-refractivity contribution in [1.29, 1.82) is 0 Å². The molecule has 2 aromatic rings. The Balaban J connectivity index is 1.96. The van der Waals surface area contributed by atoms with Gasteiger partial charge >= 0.3 is 0 Å². The van der Waals surface area contributed by atoms with Crippen LogP contribution >= 0.6 is 23.6 Å². The smallest absolute Gasteiger partial charge is 0.270 e. The second-order valence-corrected chi connectivity index (χ2v) is 7.09. The highest BCUT2D eigenvalue weighted by atomic mass is 32.1. The van der Waals surface area contributed by atoms with Crippen molar-refractivity contribution >= 4 is 52.2 Å². The van der Waals surface area contributed by atoms with Crippen LogP contribution in [0.4, 0.5) is 5.69 Å². The minimum Gasteiger partial charge on any atom is -0.298 e. The van der Waals surface area contributed by atoms with E-state index < -0.39 is 11.8 Å². The average Bonchev–Trinajstić information content (AvgIpc) is 3.05. The molecule has 1 aromatic carbocycles. The van der Waals surface area contributed by atoms with Crippen LogP contribution in [-0.4, -0.2) is 16.9 Å². The summed E-state index contributed by atoms with van der Waals surface area (Å²) in [5.41, 5.74) is 1.90. The van der Waals surface area contributed by atoms with Gasteiger partial charge in [-0.2, -0.15) is 0 Å². The lowest BCUT2D eigenvalue weighted by atomic mass is 10.0. The number of nitrogens with one attached hydrogen (secondary N) is 1. The highest BCUT2D eigenvalue weighted by Crippen LogP contribution is 2.25. The molecule has 1 fully saturated rings. The Kier molecular flexibility index (Phi) is 4.59. The van der Waals surface area contributed by atoms with Crippen molar-refractivity contribution < 1.29 is 9.59 Å². The number of anilines is 1. The van der Waals surface area contributed by atoms with Gasteiger partial charge in [0.05, 0.1) is 5.69 Å². The molecule has 2 amide bonds. The standard InChI is InChI=1S/C18H16N2O2S2/c1-11(2)12-5-7-13(8-6-12)20-17(22)15(16(21)19-18(20)23)10-14-4-3-9-24-14/h3-11H,1-2H3,(H,19,21,23)/b15-10-. The summed E-state index contributed by atoms with van der Waals surface area (Å²) in [5, 5.41) is 4.59. The zero-order valence-corrected chi connectivity index (χ0v) is 14.9. The first-order valence-electron chi connectivity index (χ1n) is 7.52. The van der Waals surface area contributed by atoms with Gasteiger partial charge in [-0.15, -0.1) is 11.3 Å². The van der Waals surface area contributed by atoms with Gasteiger partial charge in [0.15, 0.2) is 5.11 Å². The van der Waals surface area contributed by atoms with E-state index in [4.69, 9.17) is 12.2 Å². The van der Waals surface area contributed by atoms with Crippen molar-refractivity contribution in [3.63, 3.8) is 0 Å². The maximum atomic E-state index is 12.8. The van der Waals surface area contributed by atoms with Crippen LogP contribution in [0.3, 0.4) is 0 Å². The molecule has 0 bridgehead atoms. The lowest BCUT2D eigenvalue weighted by molar-refractivity contribution is -0.122. The number of hydrogen-bond acceptors (Lipinski definition) is 4. The Bertz CT molecular complexity index is 821. The molecule has 1 aliphatic rings. The normalized spacial score (nSPS) is 16.9. The maximum absolute atomic E-state index is 12.8. The first-order valence-corrected chi connectivity index (χ1v) is 8.81. The van der Waals surface area contributed by atoms with Gasteiger partial charge in [0, 0.05) is 4.88 Å². The average molecular weight is 356 g/mol. The predicted molar refractivity (Wildman–Crippen MR) is 101 cm³/mol. The second kappa shape index (κ2) is 6.67. The molecule has 6 heteroatoms. The van der Waals surface area contributed by atoms with Gasteiger partial charge in [-0.25, -0.2) is 0 Å². The second-order valence-electron chi connectivity index (χ2n) is 5.72. The van der Waals surface area contributed by atoms with Gasteiger partial charge in [-0.1, -0.05) is 32.0 Å². The number of carbonyl (C=O) groups is 2. The number of hydrogen-bond donors (Lipinski definition) is 1. The first-order chi connectivity index (χ1) is 11.5. The molecule has 0 atom stereocenters. The van der Waals surface area contributed by atoms with E-state index >= 15 is 0 Å². The monoisotopic (exact) mass is 356 g/mol. The maximum Gasteiger partial charge on any atom is 0.270 e. The highest BCUT2D eigenvalue weighted by molar-refractivity contribution is 7.80. The van der Waals surface area contributed by atoms with Gasteiger partial charge in [0.1, 0.15) is 5.57 Å². The number of thiophene rings is 1. The van der Waals surface area contributed by atoms with E-state index in [1.54, 1.807) is 6.08 Å². The fourth-order valence-corrected chi connectivity index (χ4v) is 3.35. The molecular weight excluding hydrogens is 340 g/mol. The van der Waals surface area contributed by atoms with Crippen molar-refractivity contribution in [3.05, 3.63) is 57.8 Å². The minimum atomic E-state index is -0.464. The molecule has 2 heterocycles. The van der Waals surface area contributed by atoms with E-state index in [0.29, 0.717) is 11.6 Å². The van der Waals surface area contributed by atoms with Crippen molar-refractivity contribution in [1.82, 2.24) is 5.32 Å². The minimum absolute atomic E-state index is 0.0824. The van der Waals surface area contributed by atoms with Crippen molar-refractivity contribution in [3.8, 4) is 0 Å². The molecule has 1 N–H and O–H groups in total. The number of benzene rings is 1. The molecule has 0 saturated carbocycles. The van der Waals surface area contributed by atoms with Crippen LogP contribution in [0.1, 0.15) is 30.2 Å². The van der Waals surface area contributed by atoms with Crippen LogP contribution in [0.15, 0.2) is 47.4 Å². The zero-order chi connectivity index (χ0) is 17.3.